The summed E-state index contributed by atoms with van der Waals surface area (Å²) < 4.78 is 12.9. The van der Waals surface area contributed by atoms with E-state index in [0.717, 1.165) is 5.56 Å². The molecule has 1 aromatic carbocycles. The van der Waals surface area contributed by atoms with Gasteiger partial charge in [0.15, 0.2) is 11.5 Å². The molecule has 1 atom stereocenters. The van der Waals surface area contributed by atoms with E-state index < -0.39 is 0 Å². The molecule has 0 aliphatic rings. The number of halogens is 1. The molecule has 0 fully saturated rings. The fourth-order valence-electron chi connectivity index (χ4n) is 1.74. The van der Waals surface area contributed by atoms with Crippen LogP contribution >= 0.6 is 0 Å². The fraction of sp³-hybridized carbons (Fsp3) is 0.214. The minimum Gasteiger partial charge on any atom is -0.351 e. The molecule has 4 nitrogen and oxygen atoms in total. The van der Waals surface area contributed by atoms with Gasteiger partial charge in [0.1, 0.15) is 11.9 Å². The number of rotatable bonds is 3. The molecule has 1 heterocycles. The van der Waals surface area contributed by atoms with Crippen molar-refractivity contribution in [1.82, 2.24) is 10.2 Å². The van der Waals surface area contributed by atoms with Crippen molar-refractivity contribution in [2.75, 3.05) is 11.9 Å². The number of hydrogen-bond donors (Lipinski definition) is 0. The lowest BCUT2D eigenvalue weighted by atomic mass is 10.1. The Bertz CT molecular complexity index is 586. The minimum absolute atomic E-state index is 0.0304. The molecule has 1 aromatic heterocycles. The van der Waals surface area contributed by atoms with Crippen LogP contribution in [-0.4, -0.2) is 17.2 Å². The first-order chi connectivity index (χ1) is 9.11. The summed E-state index contributed by atoms with van der Waals surface area (Å²) >= 11 is 0. The highest BCUT2D eigenvalue weighted by atomic mass is 19.1. The maximum absolute atomic E-state index is 12.9. The monoisotopic (exact) mass is 256 g/mol. The fourth-order valence-corrected chi connectivity index (χ4v) is 1.74. The van der Waals surface area contributed by atoms with Crippen LogP contribution in [0.1, 0.15) is 24.2 Å². The van der Waals surface area contributed by atoms with E-state index >= 15 is 0 Å². The van der Waals surface area contributed by atoms with Gasteiger partial charge in [-0.15, -0.1) is 10.2 Å². The van der Waals surface area contributed by atoms with Gasteiger partial charge < -0.3 is 4.90 Å². The van der Waals surface area contributed by atoms with Crippen LogP contribution in [0.15, 0.2) is 36.4 Å². The number of benzene rings is 1. The zero-order valence-corrected chi connectivity index (χ0v) is 10.7. The lowest BCUT2D eigenvalue weighted by molar-refractivity contribution is 0.624. The smallest absolute Gasteiger partial charge is 0.163 e. The predicted molar refractivity (Wildman–Crippen MR) is 70.0 cm³/mol. The van der Waals surface area contributed by atoms with Crippen LogP contribution in [0.2, 0.25) is 0 Å². The lowest BCUT2D eigenvalue weighted by Crippen LogP contribution is -2.23. The van der Waals surface area contributed by atoms with Crippen molar-refractivity contribution < 1.29 is 4.39 Å². The summed E-state index contributed by atoms with van der Waals surface area (Å²) in [6.07, 6.45) is 0. The van der Waals surface area contributed by atoms with E-state index in [2.05, 4.69) is 10.2 Å². The summed E-state index contributed by atoms with van der Waals surface area (Å²) in [5, 5.41) is 16.5. The summed E-state index contributed by atoms with van der Waals surface area (Å²) in [5.41, 5.74) is 1.27. The number of nitrogens with zero attached hydrogens (tertiary/aromatic N) is 4. The van der Waals surface area contributed by atoms with E-state index in [1.165, 1.54) is 12.1 Å². The third-order valence-corrected chi connectivity index (χ3v) is 3.06. The summed E-state index contributed by atoms with van der Waals surface area (Å²) in [7, 11) is 1.88. The van der Waals surface area contributed by atoms with Gasteiger partial charge in [0.2, 0.25) is 0 Å². The molecule has 0 saturated heterocycles. The highest BCUT2D eigenvalue weighted by Gasteiger charge is 2.13. The van der Waals surface area contributed by atoms with Gasteiger partial charge in [0.05, 0.1) is 6.04 Å². The highest BCUT2D eigenvalue weighted by Crippen LogP contribution is 2.23. The number of hydrogen-bond acceptors (Lipinski definition) is 4. The number of anilines is 1. The lowest BCUT2D eigenvalue weighted by Gasteiger charge is -2.25. The zero-order chi connectivity index (χ0) is 13.8. The molecule has 0 bridgehead atoms. The molecule has 0 aliphatic heterocycles. The molecule has 2 rings (SSSR count). The maximum Gasteiger partial charge on any atom is 0.163 e. The molecule has 1 unspecified atom stereocenters. The molecule has 19 heavy (non-hydrogen) atoms. The first-order valence-electron chi connectivity index (χ1n) is 5.84. The predicted octanol–water partition coefficient (Wildman–Crippen LogP) is 2.68. The van der Waals surface area contributed by atoms with E-state index in [9.17, 15) is 4.39 Å². The van der Waals surface area contributed by atoms with E-state index in [1.54, 1.807) is 24.3 Å². The van der Waals surface area contributed by atoms with Crippen LogP contribution in [-0.2, 0) is 0 Å². The van der Waals surface area contributed by atoms with Crippen LogP contribution in [0.4, 0.5) is 10.2 Å². The van der Waals surface area contributed by atoms with Crippen LogP contribution in [0.25, 0.3) is 0 Å². The minimum atomic E-state index is -0.253. The first kappa shape index (κ1) is 13.0. The Kier molecular flexibility index (Phi) is 3.71. The highest BCUT2D eigenvalue weighted by molar-refractivity contribution is 5.41. The van der Waals surface area contributed by atoms with Crippen molar-refractivity contribution in [2.24, 2.45) is 0 Å². The number of aromatic nitrogens is 2. The maximum atomic E-state index is 12.9. The Morgan fingerprint density at radius 3 is 2.37 bits per heavy atom. The van der Waals surface area contributed by atoms with Gasteiger partial charge in [-0.25, -0.2) is 4.39 Å². The van der Waals surface area contributed by atoms with Gasteiger partial charge in [-0.1, -0.05) is 12.1 Å². The van der Waals surface area contributed by atoms with Crippen molar-refractivity contribution in [1.29, 1.82) is 5.26 Å². The van der Waals surface area contributed by atoms with Crippen molar-refractivity contribution >= 4 is 5.82 Å². The molecule has 0 aliphatic carbocycles. The second-order valence-electron chi connectivity index (χ2n) is 4.23. The third-order valence-electron chi connectivity index (χ3n) is 3.06. The van der Waals surface area contributed by atoms with Crippen molar-refractivity contribution in [3.8, 4) is 6.07 Å². The second-order valence-corrected chi connectivity index (χ2v) is 4.23. The van der Waals surface area contributed by atoms with Crippen LogP contribution in [0.3, 0.4) is 0 Å². The van der Waals surface area contributed by atoms with Gasteiger partial charge in [-0.05, 0) is 36.8 Å². The van der Waals surface area contributed by atoms with Crippen LogP contribution in [0.5, 0.6) is 0 Å². The Hall–Kier alpha value is -2.48. The normalized spacial score (nSPS) is 11.7. The second kappa shape index (κ2) is 5.44. The Morgan fingerprint density at radius 1 is 1.16 bits per heavy atom. The molecule has 0 amide bonds. The van der Waals surface area contributed by atoms with E-state index in [1.807, 2.05) is 24.9 Å². The SMILES string of the molecule is CC(c1ccc(F)cc1)N(C)c1ccc(C#N)nn1. The molecule has 96 valence electrons. The molecule has 0 radical (unpaired) electrons. The standard InChI is InChI=1S/C14H13FN4/c1-10(11-3-5-12(15)6-4-11)19(2)14-8-7-13(9-16)17-18-14/h3-8,10H,1-2H3. The molecule has 2 aromatic rings. The molecular weight excluding hydrogens is 243 g/mol. The Morgan fingerprint density at radius 2 is 1.84 bits per heavy atom. The molecule has 0 N–H and O–H groups in total. The third kappa shape index (κ3) is 2.86. The van der Waals surface area contributed by atoms with Gasteiger partial charge in [-0.3, -0.25) is 0 Å². The molecule has 0 saturated carbocycles. The average molecular weight is 256 g/mol. The van der Waals surface area contributed by atoms with Crippen LogP contribution in [0, 0.1) is 17.1 Å². The summed E-state index contributed by atoms with van der Waals surface area (Å²) in [6.45, 7) is 1.99. The Labute approximate surface area is 111 Å². The molecular formula is C14H13FN4. The summed E-state index contributed by atoms with van der Waals surface area (Å²) in [6, 6.07) is 11.7. The largest absolute Gasteiger partial charge is 0.351 e. The van der Waals surface area contributed by atoms with Gasteiger partial charge in [0, 0.05) is 7.05 Å². The van der Waals surface area contributed by atoms with E-state index in [-0.39, 0.29) is 17.6 Å². The van der Waals surface area contributed by atoms with Crippen molar-refractivity contribution in [3.05, 3.63) is 53.5 Å². The topological polar surface area (TPSA) is 52.8 Å². The van der Waals surface area contributed by atoms with Crippen molar-refractivity contribution in [3.63, 3.8) is 0 Å². The Balaban J connectivity index is 2.20. The molecule has 0 spiro atoms. The molecule has 5 heteroatoms. The van der Waals surface area contributed by atoms with Gasteiger partial charge in [-0.2, -0.15) is 5.26 Å². The zero-order valence-electron chi connectivity index (χ0n) is 10.7. The van der Waals surface area contributed by atoms with Gasteiger partial charge in [0.25, 0.3) is 0 Å². The summed E-state index contributed by atoms with van der Waals surface area (Å²) in [4.78, 5) is 1.92. The number of nitriles is 1. The van der Waals surface area contributed by atoms with E-state index in [0.29, 0.717) is 5.82 Å². The van der Waals surface area contributed by atoms with Crippen molar-refractivity contribution in [2.45, 2.75) is 13.0 Å². The first-order valence-corrected chi connectivity index (χ1v) is 5.84. The quantitative estimate of drug-likeness (QED) is 0.847. The average Bonchev–Trinajstić information content (AvgIpc) is 2.46. The summed E-state index contributed by atoms with van der Waals surface area (Å²) in [5.74, 6) is 0.410. The van der Waals surface area contributed by atoms with Crippen LogP contribution < -0.4 is 4.90 Å². The van der Waals surface area contributed by atoms with Gasteiger partial charge >= 0.3 is 0 Å². The van der Waals surface area contributed by atoms with E-state index in [4.69, 9.17) is 5.26 Å².